The Morgan fingerprint density at radius 3 is 2.55 bits per heavy atom. The highest BCUT2D eigenvalue weighted by Gasteiger charge is 2.34. The molecule has 1 aromatic carbocycles. The van der Waals surface area contributed by atoms with Gasteiger partial charge in [-0.3, -0.25) is 9.36 Å². The SMILES string of the molecule is COc1ccc(CNC(=O)CC2CN(C(=O)OC(C)(C)C)CCN2c2cc(C)nc(-n3ccnc3)n2)cc1. The lowest BCUT2D eigenvalue weighted by atomic mass is 10.1. The van der Waals surface area contributed by atoms with Crippen molar-refractivity contribution in [2.75, 3.05) is 31.6 Å². The van der Waals surface area contributed by atoms with Gasteiger partial charge in [0.2, 0.25) is 11.9 Å². The van der Waals surface area contributed by atoms with Crippen LogP contribution in [-0.4, -0.2) is 74.8 Å². The molecule has 1 saturated heterocycles. The fraction of sp³-hybridized carbons (Fsp3) is 0.444. The number of hydrogen-bond acceptors (Lipinski definition) is 8. The normalized spacial score (nSPS) is 15.8. The zero-order valence-corrected chi connectivity index (χ0v) is 22.5. The number of nitrogens with one attached hydrogen (secondary N) is 1. The minimum atomic E-state index is -0.608. The molecule has 2 aromatic heterocycles. The topological polar surface area (TPSA) is 115 Å². The maximum Gasteiger partial charge on any atom is 0.410 e. The lowest BCUT2D eigenvalue weighted by Gasteiger charge is -2.42. The van der Waals surface area contributed by atoms with Crippen LogP contribution in [0.4, 0.5) is 10.6 Å². The van der Waals surface area contributed by atoms with E-state index in [2.05, 4.69) is 20.2 Å². The van der Waals surface area contributed by atoms with Gasteiger partial charge in [0.1, 0.15) is 23.5 Å². The molecule has 11 heteroatoms. The van der Waals surface area contributed by atoms with E-state index in [1.807, 2.05) is 58.0 Å². The highest BCUT2D eigenvalue weighted by molar-refractivity contribution is 5.77. The predicted molar refractivity (Wildman–Crippen MR) is 142 cm³/mol. The Balaban J connectivity index is 1.52. The number of carbonyl (C=O) groups excluding carboxylic acids is 2. The van der Waals surface area contributed by atoms with Gasteiger partial charge in [0.05, 0.1) is 13.2 Å². The first-order valence-corrected chi connectivity index (χ1v) is 12.6. The van der Waals surface area contributed by atoms with Crippen molar-refractivity contribution >= 4 is 17.8 Å². The van der Waals surface area contributed by atoms with E-state index in [0.717, 1.165) is 17.0 Å². The molecule has 3 heterocycles. The van der Waals surface area contributed by atoms with Crippen LogP contribution in [0.2, 0.25) is 0 Å². The zero-order valence-electron chi connectivity index (χ0n) is 22.5. The molecular formula is C27H35N7O4. The summed E-state index contributed by atoms with van der Waals surface area (Å²) in [5.74, 6) is 1.82. The summed E-state index contributed by atoms with van der Waals surface area (Å²) in [7, 11) is 1.62. The van der Waals surface area contributed by atoms with Gasteiger partial charge in [-0.2, -0.15) is 4.98 Å². The number of hydrogen-bond donors (Lipinski definition) is 1. The van der Waals surface area contributed by atoms with E-state index in [1.54, 1.807) is 35.3 Å². The lowest BCUT2D eigenvalue weighted by molar-refractivity contribution is -0.121. The monoisotopic (exact) mass is 521 g/mol. The van der Waals surface area contributed by atoms with Gasteiger partial charge < -0.3 is 24.6 Å². The fourth-order valence-corrected chi connectivity index (χ4v) is 4.23. The van der Waals surface area contributed by atoms with Gasteiger partial charge in [0.25, 0.3) is 0 Å². The molecule has 1 atom stereocenters. The molecule has 1 aliphatic heterocycles. The third kappa shape index (κ3) is 6.99. The molecule has 4 rings (SSSR count). The molecule has 38 heavy (non-hydrogen) atoms. The highest BCUT2D eigenvalue weighted by atomic mass is 16.6. The Labute approximate surface area is 222 Å². The number of imidazole rings is 1. The average molecular weight is 522 g/mol. The van der Waals surface area contributed by atoms with Gasteiger partial charge in [-0.1, -0.05) is 12.1 Å². The number of anilines is 1. The van der Waals surface area contributed by atoms with Crippen molar-refractivity contribution in [2.45, 2.75) is 52.3 Å². The van der Waals surface area contributed by atoms with Crippen molar-refractivity contribution in [1.29, 1.82) is 0 Å². The molecule has 1 unspecified atom stereocenters. The van der Waals surface area contributed by atoms with Crippen LogP contribution >= 0.6 is 0 Å². The Morgan fingerprint density at radius 1 is 1.13 bits per heavy atom. The number of amides is 2. The first-order valence-electron chi connectivity index (χ1n) is 12.6. The van der Waals surface area contributed by atoms with E-state index in [-0.39, 0.29) is 18.4 Å². The van der Waals surface area contributed by atoms with Gasteiger partial charge in [-0.05, 0) is 45.4 Å². The maximum atomic E-state index is 13.1. The molecule has 1 fully saturated rings. The first-order chi connectivity index (χ1) is 18.1. The van der Waals surface area contributed by atoms with Crippen LogP contribution in [0, 0.1) is 6.92 Å². The standard InChI is InChI=1S/C27H35N7O4/c1-19-14-23(31-25(30-19)33-11-10-28-18-33)34-13-12-32(26(36)38-27(2,3)4)17-21(34)15-24(35)29-16-20-6-8-22(37-5)9-7-20/h6-11,14,18,21H,12-13,15-17H2,1-5H3,(H,29,35). The molecule has 0 spiro atoms. The molecular weight excluding hydrogens is 486 g/mol. The maximum absolute atomic E-state index is 13.1. The minimum absolute atomic E-state index is 0.123. The minimum Gasteiger partial charge on any atom is -0.497 e. The van der Waals surface area contributed by atoms with Crippen LogP contribution in [0.5, 0.6) is 5.75 Å². The summed E-state index contributed by atoms with van der Waals surface area (Å²) in [6.07, 6.45) is 4.88. The van der Waals surface area contributed by atoms with Crippen molar-refractivity contribution in [1.82, 2.24) is 29.7 Å². The molecule has 1 N–H and O–H groups in total. The lowest BCUT2D eigenvalue weighted by Crippen LogP contribution is -2.57. The summed E-state index contributed by atoms with van der Waals surface area (Å²) < 4.78 is 12.5. The fourth-order valence-electron chi connectivity index (χ4n) is 4.23. The largest absolute Gasteiger partial charge is 0.497 e. The number of carbonyl (C=O) groups is 2. The number of piperazine rings is 1. The number of methoxy groups -OCH3 is 1. The van der Waals surface area contributed by atoms with Crippen molar-refractivity contribution in [3.63, 3.8) is 0 Å². The second-order valence-electron chi connectivity index (χ2n) is 10.2. The summed E-state index contributed by atoms with van der Waals surface area (Å²) in [5, 5.41) is 3.00. The Bertz CT molecular complexity index is 1240. The quantitative estimate of drug-likeness (QED) is 0.504. The Kier molecular flexibility index (Phi) is 8.13. The van der Waals surface area contributed by atoms with E-state index in [4.69, 9.17) is 14.5 Å². The second-order valence-corrected chi connectivity index (χ2v) is 10.2. The van der Waals surface area contributed by atoms with E-state index < -0.39 is 11.7 Å². The van der Waals surface area contributed by atoms with Crippen molar-refractivity contribution in [2.24, 2.45) is 0 Å². The van der Waals surface area contributed by atoms with Crippen LogP contribution in [0.25, 0.3) is 5.95 Å². The van der Waals surface area contributed by atoms with Gasteiger partial charge in [-0.15, -0.1) is 0 Å². The van der Waals surface area contributed by atoms with Gasteiger partial charge in [0.15, 0.2) is 0 Å². The summed E-state index contributed by atoms with van der Waals surface area (Å²) in [5.41, 5.74) is 1.14. The van der Waals surface area contributed by atoms with E-state index >= 15 is 0 Å². The third-order valence-electron chi connectivity index (χ3n) is 6.06. The molecule has 3 aromatic rings. The molecule has 0 bridgehead atoms. The summed E-state index contributed by atoms with van der Waals surface area (Å²) in [6, 6.07) is 9.13. The molecule has 0 saturated carbocycles. The number of benzene rings is 1. The van der Waals surface area contributed by atoms with Crippen LogP contribution in [0.3, 0.4) is 0 Å². The molecule has 1 aliphatic rings. The highest BCUT2D eigenvalue weighted by Crippen LogP contribution is 2.24. The van der Waals surface area contributed by atoms with Crippen LogP contribution in [0.1, 0.15) is 38.4 Å². The van der Waals surface area contributed by atoms with Crippen molar-refractivity contribution < 1.29 is 19.1 Å². The molecule has 11 nitrogen and oxygen atoms in total. The van der Waals surface area contributed by atoms with Gasteiger partial charge >= 0.3 is 6.09 Å². The summed E-state index contributed by atoms with van der Waals surface area (Å²) in [4.78, 5) is 43.0. The Hall–Kier alpha value is -4.15. The summed E-state index contributed by atoms with van der Waals surface area (Å²) in [6.45, 7) is 9.08. The molecule has 0 aliphatic carbocycles. The van der Waals surface area contributed by atoms with Crippen LogP contribution in [-0.2, 0) is 16.1 Å². The smallest absolute Gasteiger partial charge is 0.410 e. The number of nitrogens with zero attached hydrogens (tertiary/aromatic N) is 6. The number of aromatic nitrogens is 4. The van der Waals surface area contributed by atoms with Crippen LogP contribution in [0.15, 0.2) is 49.1 Å². The molecule has 202 valence electrons. The Morgan fingerprint density at radius 2 is 1.89 bits per heavy atom. The van der Waals surface area contributed by atoms with Crippen molar-refractivity contribution in [3.05, 3.63) is 60.3 Å². The van der Waals surface area contributed by atoms with E-state index in [9.17, 15) is 9.59 Å². The van der Waals surface area contributed by atoms with E-state index in [1.165, 1.54) is 0 Å². The zero-order chi connectivity index (χ0) is 27.3. The average Bonchev–Trinajstić information content (AvgIpc) is 3.42. The van der Waals surface area contributed by atoms with Crippen molar-refractivity contribution in [3.8, 4) is 11.7 Å². The number of ether oxygens (including phenoxy) is 2. The third-order valence-corrected chi connectivity index (χ3v) is 6.06. The van der Waals surface area contributed by atoms with Gasteiger partial charge in [-0.25, -0.2) is 14.8 Å². The second kappa shape index (κ2) is 11.5. The molecule has 2 amide bonds. The van der Waals surface area contributed by atoms with Gasteiger partial charge in [0, 0.05) is 56.8 Å². The first kappa shape index (κ1) is 26.9. The number of aryl methyl sites for hydroxylation is 1. The summed E-state index contributed by atoms with van der Waals surface area (Å²) >= 11 is 0. The number of rotatable bonds is 7. The predicted octanol–water partition coefficient (Wildman–Crippen LogP) is 3.11. The van der Waals surface area contributed by atoms with Crippen LogP contribution < -0.4 is 15.0 Å². The molecule has 0 radical (unpaired) electrons. The van der Waals surface area contributed by atoms with E-state index in [0.29, 0.717) is 37.9 Å².